The molecule has 0 aliphatic carbocycles. The smallest absolute Gasteiger partial charge is 0.228 e. The summed E-state index contributed by atoms with van der Waals surface area (Å²) < 4.78 is 29.3. The van der Waals surface area contributed by atoms with Gasteiger partial charge in [-0.25, -0.2) is 9.37 Å². The molecule has 6 nitrogen and oxygen atoms in total. The molecule has 7 heteroatoms. The Morgan fingerprint density at radius 1 is 0.963 bits per heavy atom. The summed E-state index contributed by atoms with van der Waals surface area (Å²) in [6.45, 7) is 0.535. The van der Waals surface area contributed by atoms with Gasteiger partial charge in [0.05, 0.1) is 14.2 Å². The number of nitrogens with zero attached hydrogens (tertiary/aromatic N) is 3. The van der Waals surface area contributed by atoms with Gasteiger partial charge in [-0.15, -0.1) is 0 Å². The standard InChI is InChI=1S/C20H20FN3O3/c1-24(13-14-4-7-17(25-2)12-18(14)26-3)20-22-11-10-19(23-20)27-16-8-5-15(21)6-9-16/h4-12H,13H2,1-3H3. The molecule has 140 valence electrons. The molecule has 0 saturated carbocycles. The average molecular weight is 369 g/mol. The molecule has 0 unspecified atom stereocenters. The molecule has 27 heavy (non-hydrogen) atoms. The molecule has 0 bridgehead atoms. The maximum Gasteiger partial charge on any atom is 0.228 e. The van der Waals surface area contributed by atoms with Crippen molar-refractivity contribution in [3.05, 3.63) is 66.1 Å². The summed E-state index contributed by atoms with van der Waals surface area (Å²) in [7, 11) is 5.10. The molecule has 0 amide bonds. The number of ether oxygens (including phenoxy) is 3. The highest BCUT2D eigenvalue weighted by molar-refractivity contribution is 5.43. The number of halogens is 1. The largest absolute Gasteiger partial charge is 0.497 e. The van der Waals surface area contributed by atoms with Gasteiger partial charge in [0.15, 0.2) is 0 Å². The van der Waals surface area contributed by atoms with Gasteiger partial charge in [0.1, 0.15) is 23.1 Å². The first kappa shape index (κ1) is 18.4. The van der Waals surface area contributed by atoms with Gasteiger partial charge in [0.25, 0.3) is 0 Å². The highest BCUT2D eigenvalue weighted by atomic mass is 19.1. The number of anilines is 1. The topological polar surface area (TPSA) is 56.7 Å². The normalized spacial score (nSPS) is 10.4. The zero-order valence-electron chi connectivity index (χ0n) is 15.3. The van der Waals surface area contributed by atoms with Crippen molar-refractivity contribution in [1.29, 1.82) is 0 Å². The molecule has 0 fully saturated rings. The van der Waals surface area contributed by atoms with Crippen LogP contribution < -0.4 is 19.1 Å². The van der Waals surface area contributed by atoms with E-state index in [0.717, 1.165) is 17.1 Å². The molecule has 0 radical (unpaired) electrons. The summed E-state index contributed by atoms with van der Waals surface area (Å²) in [4.78, 5) is 10.6. The van der Waals surface area contributed by atoms with Crippen LogP contribution in [0.5, 0.6) is 23.1 Å². The fourth-order valence-electron chi connectivity index (χ4n) is 2.51. The summed E-state index contributed by atoms with van der Waals surface area (Å²) in [6, 6.07) is 13.0. The van der Waals surface area contributed by atoms with E-state index >= 15 is 0 Å². The third-order valence-corrected chi connectivity index (χ3v) is 3.90. The van der Waals surface area contributed by atoms with Gasteiger partial charge in [-0.05, 0) is 36.4 Å². The molecule has 2 aromatic carbocycles. The van der Waals surface area contributed by atoms with E-state index in [0.29, 0.717) is 24.1 Å². The first-order valence-electron chi connectivity index (χ1n) is 8.27. The molecule has 0 spiro atoms. The Balaban J connectivity index is 1.75. The van der Waals surface area contributed by atoms with E-state index < -0.39 is 0 Å². The maximum absolute atomic E-state index is 13.0. The number of rotatable bonds is 7. The van der Waals surface area contributed by atoms with Gasteiger partial charge >= 0.3 is 0 Å². The first-order chi connectivity index (χ1) is 13.1. The lowest BCUT2D eigenvalue weighted by molar-refractivity contribution is 0.391. The van der Waals surface area contributed by atoms with Crippen LogP contribution in [0.3, 0.4) is 0 Å². The summed E-state index contributed by atoms with van der Waals surface area (Å²) in [5, 5.41) is 0. The van der Waals surface area contributed by atoms with E-state index in [1.807, 2.05) is 30.1 Å². The van der Waals surface area contributed by atoms with Crippen LogP contribution in [0.1, 0.15) is 5.56 Å². The molecule has 0 saturated heterocycles. The molecule has 0 N–H and O–H groups in total. The molecule has 1 aromatic heterocycles. The van der Waals surface area contributed by atoms with E-state index in [4.69, 9.17) is 14.2 Å². The van der Waals surface area contributed by atoms with Crippen molar-refractivity contribution in [2.45, 2.75) is 6.54 Å². The van der Waals surface area contributed by atoms with E-state index in [-0.39, 0.29) is 5.82 Å². The molecular formula is C20H20FN3O3. The molecule has 0 aliphatic heterocycles. The van der Waals surface area contributed by atoms with Crippen molar-refractivity contribution in [3.63, 3.8) is 0 Å². The summed E-state index contributed by atoms with van der Waals surface area (Å²) >= 11 is 0. The number of hydrogen-bond acceptors (Lipinski definition) is 6. The van der Waals surface area contributed by atoms with Crippen LogP contribution in [0.15, 0.2) is 54.7 Å². The zero-order valence-corrected chi connectivity index (χ0v) is 15.3. The van der Waals surface area contributed by atoms with Gasteiger partial charge < -0.3 is 19.1 Å². The molecule has 0 aliphatic rings. The fraction of sp³-hybridized carbons (Fsp3) is 0.200. The Labute approximate surface area is 157 Å². The first-order valence-corrected chi connectivity index (χ1v) is 8.27. The Bertz CT molecular complexity index is 903. The Kier molecular flexibility index (Phi) is 5.71. The molecule has 1 heterocycles. The third kappa shape index (κ3) is 4.63. The van der Waals surface area contributed by atoms with Crippen molar-refractivity contribution in [2.75, 3.05) is 26.2 Å². The minimum Gasteiger partial charge on any atom is -0.497 e. The quantitative estimate of drug-likeness (QED) is 0.626. The lowest BCUT2D eigenvalue weighted by atomic mass is 10.2. The van der Waals surface area contributed by atoms with Crippen LogP contribution in [-0.4, -0.2) is 31.2 Å². The Morgan fingerprint density at radius 3 is 2.41 bits per heavy atom. The Morgan fingerprint density at radius 2 is 1.70 bits per heavy atom. The minimum absolute atomic E-state index is 0.320. The van der Waals surface area contributed by atoms with Crippen molar-refractivity contribution < 1.29 is 18.6 Å². The average Bonchev–Trinajstić information content (AvgIpc) is 2.70. The van der Waals surface area contributed by atoms with Gasteiger partial charge in [0.2, 0.25) is 11.8 Å². The molecule has 0 atom stereocenters. The van der Waals surface area contributed by atoms with E-state index in [1.165, 1.54) is 12.1 Å². The number of hydrogen-bond donors (Lipinski definition) is 0. The number of benzene rings is 2. The lowest BCUT2D eigenvalue weighted by Crippen LogP contribution is -2.19. The van der Waals surface area contributed by atoms with Crippen LogP contribution in [0.4, 0.5) is 10.3 Å². The SMILES string of the molecule is COc1ccc(CN(C)c2nccc(Oc3ccc(F)cc3)n2)c(OC)c1. The summed E-state index contributed by atoms with van der Waals surface area (Å²) in [5.41, 5.74) is 0.967. The van der Waals surface area contributed by atoms with Crippen LogP contribution in [0.25, 0.3) is 0 Å². The second-order valence-corrected chi connectivity index (χ2v) is 5.78. The van der Waals surface area contributed by atoms with Crippen molar-refractivity contribution in [3.8, 4) is 23.1 Å². The second-order valence-electron chi connectivity index (χ2n) is 5.78. The predicted octanol–water partition coefficient (Wildman–Crippen LogP) is 4.06. The number of methoxy groups -OCH3 is 2. The van der Waals surface area contributed by atoms with E-state index in [1.54, 1.807) is 38.6 Å². The third-order valence-electron chi connectivity index (χ3n) is 3.90. The molecule has 3 rings (SSSR count). The minimum atomic E-state index is -0.320. The Hall–Kier alpha value is -3.35. The van der Waals surface area contributed by atoms with Crippen LogP contribution >= 0.6 is 0 Å². The summed E-state index contributed by atoms with van der Waals surface area (Å²) in [5.74, 6) is 2.50. The predicted molar refractivity (Wildman–Crippen MR) is 100 cm³/mol. The summed E-state index contributed by atoms with van der Waals surface area (Å²) in [6.07, 6.45) is 1.61. The zero-order chi connectivity index (χ0) is 19.2. The van der Waals surface area contributed by atoms with E-state index in [2.05, 4.69) is 9.97 Å². The fourth-order valence-corrected chi connectivity index (χ4v) is 2.51. The van der Waals surface area contributed by atoms with Gasteiger partial charge in [-0.1, -0.05) is 0 Å². The van der Waals surface area contributed by atoms with Gasteiger partial charge in [-0.3, -0.25) is 0 Å². The lowest BCUT2D eigenvalue weighted by Gasteiger charge is -2.19. The van der Waals surface area contributed by atoms with Crippen LogP contribution in [0.2, 0.25) is 0 Å². The van der Waals surface area contributed by atoms with Gasteiger partial charge in [0, 0.05) is 37.5 Å². The maximum atomic E-state index is 13.0. The van der Waals surface area contributed by atoms with Crippen LogP contribution in [-0.2, 0) is 6.54 Å². The van der Waals surface area contributed by atoms with Gasteiger partial charge in [-0.2, -0.15) is 4.98 Å². The number of aromatic nitrogens is 2. The second kappa shape index (κ2) is 8.35. The highest BCUT2D eigenvalue weighted by Crippen LogP contribution is 2.27. The molecule has 3 aromatic rings. The van der Waals surface area contributed by atoms with E-state index in [9.17, 15) is 4.39 Å². The van der Waals surface area contributed by atoms with Crippen molar-refractivity contribution >= 4 is 5.95 Å². The monoisotopic (exact) mass is 369 g/mol. The molecular weight excluding hydrogens is 349 g/mol. The van der Waals surface area contributed by atoms with Crippen molar-refractivity contribution in [2.24, 2.45) is 0 Å². The van der Waals surface area contributed by atoms with Crippen molar-refractivity contribution in [1.82, 2.24) is 9.97 Å². The highest BCUT2D eigenvalue weighted by Gasteiger charge is 2.12. The van der Waals surface area contributed by atoms with Crippen LogP contribution in [0, 0.1) is 5.82 Å².